The first-order valence-corrected chi connectivity index (χ1v) is 12.9. The third-order valence-corrected chi connectivity index (χ3v) is 7.99. The van der Waals surface area contributed by atoms with Crippen molar-refractivity contribution in [2.45, 2.75) is 29.2 Å². The lowest BCUT2D eigenvalue weighted by Crippen LogP contribution is -2.35. The number of anilines is 1. The number of hydrogen-bond acceptors (Lipinski definition) is 6. The number of hydrogen-bond donors (Lipinski definition) is 1. The summed E-state index contributed by atoms with van der Waals surface area (Å²) in [6, 6.07) is 18.0. The standard InChI is InChI=1S/C23H24N4O3S2/c28-22(16-31-23-15-21(24-17-25-23)18-7-3-1-4-8-18)26-19-9-11-20(12-10-19)32(29,30)27-13-5-2-6-14-27/h1,3-4,7-12,15,17H,2,5-6,13-14,16H2,(H,26,28). The van der Waals surface area contributed by atoms with Gasteiger partial charge in [-0.25, -0.2) is 18.4 Å². The lowest BCUT2D eigenvalue weighted by atomic mass is 10.1. The van der Waals surface area contributed by atoms with Gasteiger partial charge >= 0.3 is 0 Å². The zero-order valence-electron chi connectivity index (χ0n) is 17.5. The molecule has 32 heavy (non-hydrogen) atoms. The molecule has 0 unspecified atom stereocenters. The number of amides is 1. The van der Waals surface area contributed by atoms with Crippen LogP contribution in [0.4, 0.5) is 5.69 Å². The molecule has 0 spiro atoms. The lowest BCUT2D eigenvalue weighted by Gasteiger charge is -2.25. The number of carbonyl (C=O) groups excluding carboxylic acids is 1. The third kappa shape index (κ3) is 5.53. The van der Waals surface area contributed by atoms with Gasteiger partial charge in [0.1, 0.15) is 11.4 Å². The van der Waals surface area contributed by atoms with Crippen molar-refractivity contribution in [3.05, 3.63) is 67.0 Å². The van der Waals surface area contributed by atoms with E-state index in [1.165, 1.54) is 22.4 Å². The summed E-state index contributed by atoms with van der Waals surface area (Å²) in [7, 11) is -3.48. The molecule has 2 aromatic carbocycles. The maximum atomic E-state index is 12.7. The molecular formula is C23H24N4O3S2. The molecule has 0 radical (unpaired) electrons. The minimum Gasteiger partial charge on any atom is -0.325 e. The van der Waals surface area contributed by atoms with Gasteiger partial charge in [-0.15, -0.1) is 0 Å². The second kappa shape index (κ2) is 10.2. The van der Waals surface area contributed by atoms with Crippen LogP contribution < -0.4 is 5.32 Å². The smallest absolute Gasteiger partial charge is 0.243 e. The Balaban J connectivity index is 1.34. The molecule has 1 aliphatic rings. The number of sulfonamides is 1. The van der Waals surface area contributed by atoms with Gasteiger partial charge < -0.3 is 5.32 Å². The molecule has 0 aliphatic carbocycles. The van der Waals surface area contributed by atoms with Crippen molar-refractivity contribution >= 4 is 33.4 Å². The Kier molecular flexibility index (Phi) is 7.19. The minimum absolute atomic E-state index is 0.180. The van der Waals surface area contributed by atoms with Crippen LogP contribution in [0.1, 0.15) is 19.3 Å². The zero-order chi connectivity index (χ0) is 22.4. The van der Waals surface area contributed by atoms with E-state index in [1.807, 2.05) is 36.4 Å². The van der Waals surface area contributed by atoms with Crippen LogP contribution in [0.3, 0.4) is 0 Å². The van der Waals surface area contributed by atoms with Crippen LogP contribution in [0.2, 0.25) is 0 Å². The Bertz CT molecular complexity index is 1160. The van der Waals surface area contributed by atoms with Crippen LogP contribution in [-0.2, 0) is 14.8 Å². The zero-order valence-corrected chi connectivity index (χ0v) is 19.1. The second-order valence-electron chi connectivity index (χ2n) is 7.43. The van der Waals surface area contributed by atoms with E-state index in [2.05, 4.69) is 15.3 Å². The summed E-state index contributed by atoms with van der Waals surface area (Å²) >= 11 is 1.32. The highest BCUT2D eigenvalue weighted by Crippen LogP contribution is 2.24. The quantitative estimate of drug-likeness (QED) is 0.415. The molecule has 1 fully saturated rings. The highest BCUT2D eigenvalue weighted by molar-refractivity contribution is 7.99. The molecule has 7 nitrogen and oxygen atoms in total. The molecular weight excluding hydrogens is 444 g/mol. The Morgan fingerprint density at radius 3 is 2.41 bits per heavy atom. The van der Waals surface area contributed by atoms with Crippen LogP contribution >= 0.6 is 11.8 Å². The molecule has 1 saturated heterocycles. The van der Waals surface area contributed by atoms with Gasteiger partial charge in [-0.05, 0) is 43.2 Å². The monoisotopic (exact) mass is 468 g/mol. The summed E-state index contributed by atoms with van der Waals surface area (Å²) in [6.07, 6.45) is 4.34. The molecule has 1 N–H and O–H groups in total. The number of piperidine rings is 1. The normalized spacial score (nSPS) is 14.8. The maximum Gasteiger partial charge on any atom is 0.243 e. The molecule has 1 aliphatic heterocycles. The van der Waals surface area contributed by atoms with Gasteiger partial charge in [0.2, 0.25) is 15.9 Å². The number of rotatable bonds is 7. The van der Waals surface area contributed by atoms with Gasteiger partial charge in [0.05, 0.1) is 16.3 Å². The number of nitrogens with one attached hydrogen (secondary N) is 1. The minimum atomic E-state index is -3.48. The van der Waals surface area contributed by atoms with E-state index in [9.17, 15) is 13.2 Å². The Morgan fingerprint density at radius 1 is 0.969 bits per heavy atom. The maximum absolute atomic E-state index is 12.7. The van der Waals surface area contributed by atoms with Crippen molar-refractivity contribution in [3.63, 3.8) is 0 Å². The van der Waals surface area contributed by atoms with Crippen molar-refractivity contribution in [1.82, 2.24) is 14.3 Å². The first-order valence-electron chi connectivity index (χ1n) is 10.4. The van der Waals surface area contributed by atoms with Crippen LogP contribution in [-0.4, -0.2) is 47.4 Å². The molecule has 1 amide bonds. The molecule has 0 bridgehead atoms. The van der Waals surface area contributed by atoms with Crippen LogP contribution in [0.15, 0.2) is 76.9 Å². The number of thioether (sulfide) groups is 1. The van der Waals surface area contributed by atoms with E-state index < -0.39 is 10.0 Å². The summed E-state index contributed by atoms with van der Waals surface area (Å²) in [5, 5.41) is 3.51. The fraction of sp³-hybridized carbons (Fsp3) is 0.261. The molecule has 3 aromatic rings. The predicted molar refractivity (Wildman–Crippen MR) is 126 cm³/mol. The third-order valence-electron chi connectivity index (χ3n) is 5.15. The topological polar surface area (TPSA) is 92.3 Å². The molecule has 1 aromatic heterocycles. The lowest BCUT2D eigenvalue weighted by molar-refractivity contribution is -0.113. The summed E-state index contributed by atoms with van der Waals surface area (Å²) in [5.74, 6) is -0.0134. The summed E-state index contributed by atoms with van der Waals surface area (Å²) in [5.41, 5.74) is 2.34. The number of aromatic nitrogens is 2. The fourth-order valence-electron chi connectivity index (χ4n) is 3.49. The number of nitrogens with zero attached hydrogens (tertiary/aromatic N) is 3. The first-order chi connectivity index (χ1) is 15.5. The van der Waals surface area contributed by atoms with Gasteiger partial charge in [-0.2, -0.15) is 4.31 Å². The van der Waals surface area contributed by atoms with Gasteiger partial charge in [0, 0.05) is 24.3 Å². The molecule has 0 saturated carbocycles. The highest BCUT2D eigenvalue weighted by atomic mass is 32.2. The van der Waals surface area contributed by atoms with E-state index in [0.717, 1.165) is 30.5 Å². The number of benzene rings is 2. The highest BCUT2D eigenvalue weighted by Gasteiger charge is 2.25. The predicted octanol–water partition coefficient (Wildman–Crippen LogP) is 4.05. The molecule has 2 heterocycles. The molecule has 9 heteroatoms. The van der Waals surface area contributed by atoms with Crippen molar-refractivity contribution in [2.24, 2.45) is 0 Å². The van der Waals surface area contributed by atoms with Gasteiger partial charge in [0.15, 0.2) is 0 Å². The van der Waals surface area contributed by atoms with Crippen LogP contribution in [0.5, 0.6) is 0 Å². The fourth-order valence-corrected chi connectivity index (χ4v) is 5.67. The van der Waals surface area contributed by atoms with E-state index in [1.54, 1.807) is 24.3 Å². The van der Waals surface area contributed by atoms with E-state index in [-0.39, 0.29) is 16.6 Å². The van der Waals surface area contributed by atoms with E-state index in [0.29, 0.717) is 23.8 Å². The summed E-state index contributed by atoms with van der Waals surface area (Å²) in [6.45, 7) is 1.13. The second-order valence-corrected chi connectivity index (χ2v) is 10.4. The van der Waals surface area contributed by atoms with Gasteiger partial charge in [-0.3, -0.25) is 4.79 Å². The Labute approximate surface area is 192 Å². The van der Waals surface area contributed by atoms with Crippen molar-refractivity contribution in [1.29, 1.82) is 0 Å². The Hall–Kier alpha value is -2.75. The van der Waals surface area contributed by atoms with Crippen molar-refractivity contribution in [2.75, 3.05) is 24.2 Å². The summed E-state index contributed by atoms with van der Waals surface area (Å²) in [4.78, 5) is 21.1. The molecule has 0 atom stereocenters. The SMILES string of the molecule is O=C(CSc1cc(-c2ccccc2)ncn1)Nc1ccc(S(=O)(=O)N2CCCCC2)cc1. The van der Waals surface area contributed by atoms with Crippen LogP contribution in [0, 0.1) is 0 Å². The number of carbonyl (C=O) groups is 1. The first kappa shape index (κ1) is 22.4. The molecule has 4 rings (SSSR count). The van der Waals surface area contributed by atoms with Crippen LogP contribution in [0.25, 0.3) is 11.3 Å². The van der Waals surface area contributed by atoms with E-state index >= 15 is 0 Å². The average molecular weight is 469 g/mol. The average Bonchev–Trinajstić information content (AvgIpc) is 2.84. The summed E-state index contributed by atoms with van der Waals surface area (Å²) < 4.78 is 27.0. The van der Waals surface area contributed by atoms with Gasteiger partial charge in [0.25, 0.3) is 0 Å². The van der Waals surface area contributed by atoms with Gasteiger partial charge in [-0.1, -0.05) is 48.5 Å². The Morgan fingerprint density at radius 2 is 1.69 bits per heavy atom. The van der Waals surface area contributed by atoms with Crippen molar-refractivity contribution < 1.29 is 13.2 Å². The molecule has 166 valence electrons. The largest absolute Gasteiger partial charge is 0.325 e. The van der Waals surface area contributed by atoms with E-state index in [4.69, 9.17) is 0 Å². The van der Waals surface area contributed by atoms with Crippen molar-refractivity contribution in [3.8, 4) is 11.3 Å².